The second-order valence-corrected chi connectivity index (χ2v) is 6.51. The third kappa shape index (κ3) is 5.00. The molecule has 0 radical (unpaired) electrons. The van der Waals surface area contributed by atoms with Crippen LogP contribution in [0.5, 0.6) is 0 Å². The number of nitrogens with one attached hydrogen (secondary N) is 2. The topological polar surface area (TPSA) is 83.0 Å². The third-order valence-corrected chi connectivity index (χ3v) is 4.20. The van der Waals surface area contributed by atoms with E-state index in [0.29, 0.717) is 17.2 Å². The Labute approximate surface area is 165 Å². The minimum Gasteiger partial charge on any atom is -0.394 e. The molecule has 0 spiro atoms. The van der Waals surface area contributed by atoms with E-state index in [2.05, 4.69) is 25.6 Å². The first-order chi connectivity index (χ1) is 13.8. The molecule has 152 valence electrons. The largest absolute Gasteiger partial charge is 0.416 e. The maximum absolute atomic E-state index is 13.2. The molecule has 3 N–H and O–H groups in total. The zero-order valence-corrected chi connectivity index (χ0v) is 15.8. The van der Waals surface area contributed by atoms with Gasteiger partial charge in [-0.3, -0.25) is 4.98 Å². The summed E-state index contributed by atoms with van der Waals surface area (Å²) < 4.78 is 39.6. The van der Waals surface area contributed by atoms with Crippen molar-refractivity contribution in [1.29, 1.82) is 0 Å². The highest BCUT2D eigenvalue weighted by atomic mass is 19.4. The standard InChI is InChI=1S/C20H20F3N5O/c1-12(11-29)25-19-27-17(16-7-3-4-9-24-16)10-18(28-19)26-15-8-5-6-14(13(15)2)20(21,22)23/h3-10,12,29H,11H2,1-2H3,(H2,25,26,27,28)/t12-/m1/s1. The monoisotopic (exact) mass is 403 g/mol. The van der Waals surface area contributed by atoms with Crippen LogP contribution in [-0.4, -0.2) is 32.7 Å². The first-order valence-corrected chi connectivity index (χ1v) is 8.89. The Morgan fingerprint density at radius 1 is 1.07 bits per heavy atom. The predicted molar refractivity (Wildman–Crippen MR) is 105 cm³/mol. The summed E-state index contributed by atoms with van der Waals surface area (Å²) in [6.45, 7) is 3.02. The molecule has 0 unspecified atom stereocenters. The van der Waals surface area contributed by atoms with Crippen molar-refractivity contribution in [2.45, 2.75) is 26.1 Å². The average molecular weight is 403 g/mol. The number of aliphatic hydroxyl groups is 1. The molecule has 0 saturated heterocycles. The summed E-state index contributed by atoms with van der Waals surface area (Å²) in [6.07, 6.45) is -2.83. The van der Waals surface area contributed by atoms with E-state index >= 15 is 0 Å². The highest BCUT2D eigenvalue weighted by Crippen LogP contribution is 2.35. The van der Waals surface area contributed by atoms with Crippen LogP contribution in [0.1, 0.15) is 18.1 Å². The lowest BCUT2D eigenvalue weighted by molar-refractivity contribution is -0.138. The molecule has 2 aromatic heterocycles. The Morgan fingerprint density at radius 2 is 1.86 bits per heavy atom. The SMILES string of the molecule is Cc1c(Nc2cc(-c3ccccn3)nc(N[C@H](C)CO)n2)cccc1C(F)(F)F. The molecular weight excluding hydrogens is 383 g/mol. The van der Waals surface area contributed by atoms with E-state index in [1.807, 2.05) is 0 Å². The van der Waals surface area contributed by atoms with E-state index in [-0.39, 0.29) is 29.8 Å². The molecule has 0 bridgehead atoms. The maximum Gasteiger partial charge on any atom is 0.416 e. The summed E-state index contributed by atoms with van der Waals surface area (Å²) in [4.78, 5) is 13.0. The fourth-order valence-electron chi connectivity index (χ4n) is 2.70. The number of rotatable bonds is 6. The molecule has 0 aliphatic carbocycles. The number of hydrogen-bond donors (Lipinski definition) is 3. The smallest absolute Gasteiger partial charge is 0.394 e. The molecule has 2 heterocycles. The number of anilines is 3. The van der Waals surface area contributed by atoms with Gasteiger partial charge in [0.1, 0.15) is 5.82 Å². The van der Waals surface area contributed by atoms with Crippen molar-refractivity contribution in [2.24, 2.45) is 0 Å². The van der Waals surface area contributed by atoms with Crippen LogP contribution in [0.2, 0.25) is 0 Å². The van der Waals surface area contributed by atoms with Gasteiger partial charge in [-0.05, 0) is 43.7 Å². The van der Waals surface area contributed by atoms with E-state index in [0.717, 1.165) is 6.07 Å². The van der Waals surface area contributed by atoms with Crippen molar-refractivity contribution in [1.82, 2.24) is 15.0 Å². The lowest BCUT2D eigenvalue weighted by Crippen LogP contribution is -2.21. The molecule has 3 rings (SSSR count). The van der Waals surface area contributed by atoms with Crippen molar-refractivity contribution < 1.29 is 18.3 Å². The van der Waals surface area contributed by atoms with Gasteiger partial charge in [-0.15, -0.1) is 0 Å². The van der Waals surface area contributed by atoms with Gasteiger partial charge in [0.2, 0.25) is 5.95 Å². The number of benzene rings is 1. The maximum atomic E-state index is 13.2. The van der Waals surface area contributed by atoms with E-state index in [1.165, 1.54) is 13.0 Å². The van der Waals surface area contributed by atoms with Crippen LogP contribution < -0.4 is 10.6 Å². The van der Waals surface area contributed by atoms with Crippen LogP contribution in [-0.2, 0) is 6.18 Å². The summed E-state index contributed by atoms with van der Waals surface area (Å²) in [7, 11) is 0. The van der Waals surface area contributed by atoms with Gasteiger partial charge in [-0.2, -0.15) is 18.2 Å². The first kappa shape index (κ1) is 20.5. The fourth-order valence-corrected chi connectivity index (χ4v) is 2.70. The van der Waals surface area contributed by atoms with Gasteiger partial charge in [0, 0.05) is 24.0 Å². The van der Waals surface area contributed by atoms with Gasteiger partial charge < -0.3 is 15.7 Å². The summed E-state index contributed by atoms with van der Waals surface area (Å²) in [5.41, 5.74) is 0.704. The Morgan fingerprint density at radius 3 is 2.52 bits per heavy atom. The minimum absolute atomic E-state index is 0.0660. The quantitative estimate of drug-likeness (QED) is 0.566. The van der Waals surface area contributed by atoms with E-state index in [4.69, 9.17) is 0 Å². The van der Waals surface area contributed by atoms with Crippen molar-refractivity contribution >= 4 is 17.5 Å². The Hall–Kier alpha value is -3.20. The number of pyridine rings is 1. The number of nitrogens with zero attached hydrogens (tertiary/aromatic N) is 3. The highest BCUT2D eigenvalue weighted by Gasteiger charge is 2.32. The average Bonchev–Trinajstić information content (AvgIpc) is 2.69. The lowest BCUT2D eigenvalue weighted by atomic mass is 10.1. The van der Waals surface area contributed by atoms with Gasteiger partial charge in [0.15, 0.2) is 0 Å². The second-order valence-electron chi connectivity index (χ2n) is 6.51. The first-order valence-electron chi connectivity index (χ1n) is 8.89. The fraction of sp³-hybridized carbons (Fsp3) is 0.250. The number of halogens is 3. The van der Waals surface area contributed by atoms with Crippen molar-refractivity contribution in [3.63, 3.8) is 0 Å². The molecule has 6 nitrogen and oxygen atoms in total. The molecule has 0 aliphatic heterocycles. The lowest BCUT2D eigenvalue weighted by Gasteiger charge is -2.17. The highest BCUT2D eigenvalue weighted by molar-refractivity contribution is 5.67. The summed E-state index contributed by atoms with van der Waals surface area (Å²) in [5.74, 6) is 0.526. The molecule has 1 atom stereocenters. The number of aliphatic hydroxyl groups excluding tert-OH is 1. The van der Waals surface area contributed by atoms with Gasteiger partial charge in [-0.25, -0.2) is 4.98 Å². The molecule has 1 aromatic carbocycles. The minimum atomic E-state index is -4.45. The Balaban J connectivity index is 2.02. The van der Waals surface area contributed by atoms with E-state index in [9.17, 15) is 18.3 Å². The molecule has 29 heavy (non-hydrogen) atoms. The van der Waals surface area contributed by atoms with Gasteiger partial charge in [0.05, 0.1) is 23.6 Å². The van der Waals surface area contributed by atoms with Crippen molar-refractivity contribution in [2.75, 3.05) is 17.2 Å². The summed E-state index contributed by atoms with van der Waals surface area (Å²) in [5, 5.41) is 15.2. The molecule has 0 saturated carbocycles. The number of alkyl halides is 3. The van der Waals surface area contributed by atoms with Crippen LogP contribution in [0.15, 0.2) is 48.7 Å². The zero-order valence-electron chi connectivity index (χ0n) is 15.8. The van der Waals surface area contributed by atoms with E-state index < -0.39 is 11.7 Å². The van der Waals surface area contributed by atoms with E-state index in [1.54, 1.807) is 43.5 Å². The van der Waals surface area contributed by atoms with Gasteiger partial charge in [-0.1, -0.05) is 12.1 Å². The normalized spacial score (nSPS) is 12.5. The number of aromatic nitrogens is 3. The summed E-state index contributed by atoms with van der Waals surface area (Å²) in [6, 6.07) is 10.6. The second kappa shape index (κ2) is 8.44. The summed E-state index contributed by atoms with van der Waals surface area (Å²) >= 11 is 0. The van der Waals surface area contributed by atoms with Crippen LogP contribution in [0.3, 0.4) is 0 Å². The van der Waals surface area contributed by atoms with Gasteiger partial charge in [0.25, 0.3) is 0 Å². The van der Waals surface area contributed by atoms with Crippen LogP contribution >= 0.6 is 0 Å². The molecule has 3 aromatic rings. The molecular formula is C20H20F3N5O. The van der Waals surface area contributed by atoms with Gasteiger partial charge >= 0.3 is 6.18 Å². The van der Waals surface area contributed by atoms with Crippen LogP contribution in [0.25, 0.3) is 11.4 Å². The molecule has 9 heteroatoms. The molecule has 0 fully saturated rings. The zero-order chi connectivity index (χ0) is 21.0. The Kier molecular flexibility index (Phi) is 5.97. The molecule has 0 aliphatic rings. The number of hydrogen-bond acceptors (Lipinski definition) is 6. The molecule has 0 amide bonds. The Bertz CT molecular complexity index is 980. The predicted octanol–water partition coefficient (Wildman–Crippen LogP) is 4.40. The third-order valence-electron chi connectivity index (χ3n) is 4.20. The van der Waals surface area contributed by atoms with Crippen LogP contribution in [0, 0.1) is 6.92 Å². The van der Waals surface area contributed by atoms with Crippen molar-refractivity contribution in [3.05, 3.63) is 59.8 Å². The van der Waals surface area contributed by atoms with Crippen molar-refractivity contribution in [3.8, 4) is 11.4 Å². The van der Waals surface area contributed by atoms with Crippen LogP contribution in [0.4, 0.5) is 30.6 Å².